The van der Waals surface area contributed by atoms with E-state index in [0.29, 0.717) is 17.7 Å². The van der Waals surface area contributed by atoms with Crippen molar-refractivity contribution in [3.05, 3.63) is 71.3 Å². The molecule has 1 fully saturated rings. The first-order valence-corrected chi connectivity index (χ1v) is 12.2. The molecule has 4 amide bonds. The second-order valence-corrected chi connectivity index (χ2v) is 8.89. The lowest BCUT2D eigenvalue weighted by atomic mass is 9.99. The van der Waals surface area contributed by atoms with Gasteiger partial charge in [-0.1, -0.05) is 24.3 Å². The molecule has 1 heterocycles. The van der Waals surface area contributed by atoms with Crippen LogP contribution in [0.4, 0.5) is 8.78 Å². The van der Waals surface area contributed by atoms with Crippen LogP contribution in [0.25, 0.3) is 0 Å². The molecule has 3 atom stereocenters. The predicted octanol–water partition coefficient (Wildman–Crippen LogP) is -0.140. The Hall–Kier alpha value is -3.90. The fourth-order valence-corrected chi connectivity index (χ4v) is 4.29. The third-order valence-corrected chi connectivity index (χ3v) is 6.33. The number of halogens is 2. The monoisotopic (exact) mass is 531 g/mol. The van der Waals surface area contributed by atoms with E-state index in [1.165, 1.54) is 58.3 Å². The van der Waals surface area contributed by atoms with Crippen LogP contribution in [-0.2, 0) is 25.6 Å². The van der Waals surface area contributed by atoms with Gasteiger partial charge >= 0.3 is 0 Å². The normalized spacial score (nSPS) is 17.0. The Bertz CT molecular complexity index is 1150. The zero-order chi connectivity index (χ0) is 27.8. The van der Waals surface area contributed by atoms with E-state index < -0.39 is 60.0 Å². The number of nitrogens with one attached hydrogen (secondary N) is 2. The quantitative estimate of drug-likeness (QED) is 0.318. The van der Waals surface area contributed by atoms with Crippen molar-refractivity contribution < 1.29 is 33.1 Å². The van der Waals surface area contributed by atoms with Gasteiger partial charge in [0.1, 0.15) is 29.8 Å². The van der Waals surface area contributed by atoms with Crippen molar-refractivity contribution in [3.63, 3.8) is 0 Å². The molecule has 0 spiro atoms. The summed E-state index contributed by atoms with van der Waals surface area (Å²) in [6.45, 7) is 1.54. The van der Waals surface area contributed by atoms with Crippen LogP contribution in [0.1, 0.15) is 24.2 Å². The molecule has 38 heavy (non-hydrogen) atoms. The topological polar surface area (TPSA) is 145 Å². The third-order valence-electron chi connectivity index (χ3n) is 6.33. The largest absolute Gasteiger partial charge is 0.386 e. The predicted molar refractivity (Wildman–Crippen MR) is 133 cm³/mol. The fourth-order valence-electron chi connectivity index (χ4n) is 4.29. The van der Waals surface area contributed by atoms with E-state index in [9.17, 15) is 33.1 Å². The number of benzene rings is 2. The number of rotatable bonds is 11. The zero-order valence-electron chi connectivity index (χ0n) is 20.9. The molecule has 0 radical (unpaired) electrons. The van der Waals surface area contributed by atoms with Crippen molar-refractivity contribution in [3.8, 4) is 0 Å². The first-order chi connectivity index (χ1) is 18.1. The molecule has 2 aromatic carbocycles. The Morgan fingerprint density at radius 1 is 1.13 bits per heavy atom. The molecule has 204 valence electrons. The highest BCUT2D eigenvalue weighted by Gasteiger charge is 2.35. The van der Waals surface area contributed by atoms with Crippen LogP contribution >= 0.6 is 0 Å². The lowest BCUT2D eigenvalue weighted by Crippen LogP contribution is -2.59. The summed E-state index contributed by atoms with van der Waals surface area (Å²) >= 11 is 0. The fraction of sp³-hybridized carbons (Fsp3) is 0.385. The number of aliphatic hydroxyl groups is 1. The van der Waals surface area contributed by atoms with Gasteiger partial charge in [-0.3, -0.25) is 19.2 Å². The molecule has 3 rings (SSSR count). The minimum absolute atomic E-state index is 0.0796. The number of amides is 4. The average Bonchev–Trinajstić information content (AvgIpc) is 2.89. The molecule has 0 saturated carbocycles. The molecule has 0 aromatic heterocycles. The second-order valence-electron chi connectivity index (χ2n) is 8.89. The highest BCUT2D eigenvalue weighted by molar-refractivity contribution is 5.92. The number of carbonyl (C=O) groups is 4. The number of likely N-dealkylation sites (N-methyl/N-ethyl adjacent to an activating group) is 1. The van der Waals surface area contributed by atoms with Gasteiger partial charge in [0.2, 0.25) is 23.6 Å². The van der Waals surface area contributed by atoms with E-state index in [0.717, 1.165) is 0 Å². The number of carbonyl (C=O) groups excluding carboxylic acids is 4. The lowest BCUT2D eigenvalue weighted by molar-refractivity contribution is -0.143. The van der Waals surface area contributed by atoms with E-state index in [1.807, 2.05) is 0 Å². The van der Waals surface area contributed by atoms with E-state index in [1.54, 1.807) is 6.92 Å². The molecular formula is C26H31F2N5O5. The second kappa shape index (κ2) is 13.1. The summed E-state index contributed by atoms with van der Waals surface area (Å²) in [6, 6.07) is 8.56. The van der Waals surface area contributed by atoms with Gasteiger partial charge in [-0.2, -0.15) is 0 Å². The Balaban J connectivity index is 1.56. The summed E-state index contributed by atoms with van der Waals surface area (Å²) in [7, 11) is 0. The van der Waals surface area contributed by atoms with Gasteiger partial charge in [-0.25, -0.2) is 8.78 Å². The molecule has 1 aliphatic heterocycles. The number of nitrogens with zero attached hydrogens (tertiary/aromatic N) is 2. The van der Waals surface area contributed by atoms with Gasteiger partial charge in [0.15, 0.2) is 0 Å². The van der Waals surface area contributed by atoms with Crippen molar-refractivity contribution in [1.82, 2.24) is 20.4 Å². The molecule has 1 saturated heterocycles. The summed E-state index contributed by atoms with van der Waals surface area (Å²) in [6.07, 6.45) is -1.17. The number of hydrogen-bond acceptors (Lipinski definition) is 6. The van der Waals surface area contributed by atoms with Crippen LogP contribution < -0.4 is 16.4 Å². The van der Waals surface area contributed by atoms with Gasteiger partial charge in [-0.05, 0) is 42.3 Å². The van der Waals surface area contributed by atoms with E-state index in [4.69, 9.17) is 5.73 Å². The van der Waals surface area contributed by atoms with E-state index in [-0.39, 0.29) is 26.1 Å². The van der Waals surface area contributed by atoms with Gasteiger partial charge in [0, 0.05) is 26.1 Å². The highest BCUT2D eigenvalue weighted by atomic mass is 19.1. The summed E-state index contributed by atoms with van der Waals surface area (Å²) in [5.41, 5.74) is 6.48. The molecule has 2 aromatic rings. The van der Waals surface area contributed by atoms with Crippen molar-refractivity contribution in [2.45, 2.75) is 31.5 Å². The SMILES string of the molecule is CCN(C(=O)CNC(=O)CN1CCNC(C(O)c2ccc(F)cc2)C1=O)[C@@H](Cc1ccc(F)cc1)C(N)=O. The van der Waals surface area contributed by atoms with Gasteiger partial charge in [0.05, 0.1) is 13.1 Å². The first kappa shape index (κ1) is 28.7. The molecular weight excluding hydrogens is 500 g/mol. The van der Waals surface area contributed by atoms with Crippen molar-refractivity contribution in [2.75, 3.05) is 32.7 Å². The summed E-state index contributed by atoms with van der Waals surface area (Å²) in [4.78, 5) is 52.9. The van der Waals surface area contributed by atoms with Crippen LogP contribution in [0, 0.1) is 11.6 Å². The number of hydrogen-bond donors (Lipinski definition) is 4. The maximum atomic E-state index is 13.2. The molecule has 0 aliphatic carbocycles. The maximum absolute atomic E-state index is 13.2. The first-order valence-electron chi connectivity index (χ1n) is 12.2. The minimum atomic E-state index is -1.25. The van der Waals surface area contributed by atoms with Crippen molar-refractivity contribution in [2.24, 2.45) is 5.73 Å². The third kappa shape index (κ3) is 7.33. The number of piperazine rings is 1. The highest BCUT2D eigenvalue weighted by Crippen LogP contribution is 2.20. The van der Waals surface area contributed by atoms with Crippen LogP contribution in [0.3, 0.4) is 0 Å². The summed E-state index contributed by atoms with van der Waals surface area (Å²) in [5, 5.41) is 16.0. The Morgan fingerprint density at radius 3 is 2.32 bits per heavy atom. The standard InChI is InChI=1S/C26H31F2N5O5/c1-2-33(20(25(29)37)13-16-3-7-18(27)8-4-16)22(35)14-31-21(34)15-32-12-11-30-23(26(32)38)24(36)17-5-9-19(28)10-6-17/h3-10,20,23-24,30,36H,2,11-15H2,1H3,(H2,29,37)(H,31,34)/t20-,23?,24?/m0/s1. The van der Waals surface area contributed by atoms with Gasteiger partial charge < -0.3 is 31.3 Å². The van der Waals surface area contributed by atoms with Gasteiger partial charge in [0.25, 0.3) is 0 Å². The Labute approximate surface area is 218 Å². The van der Waals surface area contributed by atoms with Crippen LogP contribution in [0.5, 0.6) is 0 Å². The van der Waals surface area contributed by atoms with Crippen LogP contribution in [-0.4, -0.2) is 83.3 Å². The van der Waals surface area contributed by atoms with E-state index in [2.05, 4.69) is 10.6 Å². The Morgan fingerprint density at radius 2 is 1.74 bits per heavy atom. The van der Waals surface area contributed by atoms with E-state index >= 15 is 0 Å². The Kier molecular flexibility index (Phi) is 9.85. The lowest BCUT2D eigenvalue weighted by Gasteiger charge is -2.35. The number of primary amides is 1. The van der Waals surface area contributed by atoms with Gasteiger partial charge in [-0.15, -0.1) is 0 Å². The molecule has 1 aliphatic rings. The molecule has 5 N–H and O–H groups in total. The molecule has 12 heteroatoms. The summed E-state index contributed by atoms with van der Waals surface area (Å²) < 4.78 is 26.4. The smallest absolute Gasteiger partial charge is 0.243 e. The number of nitrogens with two attached hydrogens (primary N) is 1. The van der Waals surface area contributed by atoms with Crippen LogP contribution in [0.15, 0.2) is 48.5 Å². The van der Waals surface area contributed by atoms with Crippen LogP contribution in [0.2, 0.25) is 0 Å². The molecule has 10 nitrogen and oxygen atoms in total. The summed E-state index contributed by atoms with van der Waals surface area (Å²) in [5.74, 6) is -3.33. The minimum Gasteiger partial charge on any atom is -0.386 e. The molecule has 0 bridgehead atoms. The van der Waals surface area contributed by atoms with Crippen molar-refractivity contribution >= 4 is 23.6 Å². The van der Waals surface area contributed by atoms with Crippen molar-refractivity contribution in [1.29, 1.82) is 0 Å². The molecule has 2 unspecified atom stereocenters. The zero-order valence-corrected chi connectivity index (χ0v) is 20.9. The average molecular weight is 532 g/mol. The maximum Gasteiger partial charge on any atom is 0.243 e. The number of aliphatic hydroxyl groups excluding tert-OH is 1.